The molecule has 2 aromatic rings. The first-order chi connectivity index (χ1) is 10.1. The van der Waals surface area contributed by atoms with Crippen LogP contribution in [0.15, 0.2) is 27.3 Å². The third kappa shape index (κ3) is 3.99. The van der Waals surface area contributed by atoms with Gasteiger partial charge in [-0.3, -0.25) is 5.41 Å². The predicted molar refractivity (Wildman–Crippen MR) is 79.2 cm³/mol. The van der Waals surface area contributed by atoms with E-state index in [4.69, 9.17) is 10.1 Å². The van der Waals surface area contributed by atoms with Crippen LogP contribution in [0.4, 0.5) is 15.9 Å². The lowest BCUT2D eigenvalue weighted by Crippen LogP contribution is -2.16. The summed E-state index contributed by atoms with van der Waals surface area (Å²) in [4.78, 5) is 0. The lowest BCUT2D eigenvalue weighted by atomic mass is 10.3. The van der Waals surface area contributed by atoms with Gasteiger partial charge in [0.25, 0.3) is 0 Å². The lowest BCUT2D eigenvalue weighted by molar-refractivity contribution is 0.210. The van der Waals surface area contributed by atoms with Crippen molar-refractivity contribution in [3.63, 3.8) is 0 Å². The highest BCUT2D eigenvalue weighted by Gasteiger charge is 2.15. The molecule has 0 aliphatic rings. The highest BCUT2D eigenvalue weighted by atomic mass is 79.9. The van der Waals surface area contributed by atoms with Gasteiger partial charge in [-0.1, -0.05) is 0 Å². The number of amidine groups is 1. The zero-order valence-electron chi connectivity index (χ0n) is 11.1. The van der Waals surface area contributed by atoms with Crippen LogP contribution in [0.25, 0.3) is 0 Å². The molecule has 0 fully saturated rings. The van der Waals surface area contributed by atoms with Crippen molar-refractivity contribution in [3.8, 4) is 0 Å². The van der Waals surface area contributed by atoms with Gasteiger partial charge in [0.2, 0.25) is 5.82 Å². The Labute approximate surface area is 128 Å². The van der Waals surface area contributed by atoms with Crippen LogP contribution in [0, 0.1) is 11.2 Å². The molecule has 0 bridgehead atoms. The van der Waals surface area contributed by atoms with Crippen molar-refractivity contribution < 1.29 is 13.8 Å². The minimum Gasteiger partial charge on any atom is -0.383 e. The van der Waals surface area contributed by atoms with Gasteiger partial charge in [-0.25, -0.2) is 9.02 Å². The molecule has 0 spiro atoms. The Hall–Kier alpha value is -2.00. The Morgan fingerprint density at radius 3 is 3.00 bits per heavy atom. The number of benzene rings is 1. The number of hydrogen-bond acceptors (Lipinski definition) is 6. The molecule has 3 N–H and O–H groups in total. The number of ether oxygens (including phenoxy) is 1. The van der Waals surface area contributed by atoms with Gasteiger partial charge in [-0.05, 0) is 44.4 Å². The summed E-state index contributed by atoms with van der Waals surface area (Å²) in [5.74, 6) is -0.0579. The van der Waals surface area contributed by atoms with Crippen molar-refractivity contribution in [2.45, 2.75) is 0 Å². The number of rotatable bonds is 6. The highest BCUT2D eigenvalue weighted by Crippen LogP contribution is 2.21. The minimum absolute atomic E-state index is 0.0188. The van der Waals surface area contributed by atoms with E-state index >= 15 is 0 Å². The van der Waals surface area contributed by atoms with Crippen LogP contribution >= 0.6 is 15.9 Å². The summed E-state index contributed by atoms with van der Waals surface area (Å²) in [5.41, 5.74) is 0.769. The van der Waals surface area contributed by atoms with Crippen molar-refractivity contribution in [2.75, 3.05) is 30.9 Å². The van der Waals surface area contributed by atoms with Gasteiger partial charge >= 0.3 is 0 Å². The number of methoxy groups -OCH3 is 1. The van der Waals surface area contributed by atoms with Gasteiger partial charge in [0.05, 0.1) is 11.1 Å². The van der Waals surface area contributed by atoms with Crippen molar-refractivity contribution >= 4 is 33.3 Å². The fraction of sp³-hybridized carbons (Fsp3) is 0.250. The van der Waals surface area contributed by atoms with E-state index in [1.807, 2.05) is 0 Å². The fourth-order valence-corrected chi connectivity index (χ4v) is 1.90. The maximum absolute atomic E-state index is 13.2. The van der Waals surface area contributed by atoms with Crippen LogP contribution in [0.3, 0.4) is 0 Å². The Morgan fingerprint density at radius 1 is 1.48 bits per heavy atom. The van der Waals surface area contributed by atoms with Crippen molar-refractivity contribution in [2.24, 2.45) is 0 Å². The summed E-state index contributed by atoms with van der Waals surface area (Å²) in [6.45, 7) is 0.991. The summed E-state index contributed by atoms with van der Waals surface area (Å²) in [6, 6.07) is 4.33. The molecule has 1 aromatic carbocycles. The van der Waals surface area contributed by atoms with Crippen LogP contribution in [-0.4, -0.2) is 36.4 Å². The third-order valence-electron chi connectivity index (χ3n) is 2.51. The van der Waals surface area contributed by atoms with Gasteiger partial charge in [-0.2, -0.15) is 0 Å². The second kappa shape index (κ2) is 7.14. The van der Waals surface area contributed by atoms with Crippen LogP contribution in [0.2, 0.25) is 0 Å². The van der Waals surface area contributed by atoms with Gasteiger partial charge in [0.15, 0.2) is 11.5 Å². The molecule has 0 saturated carbocycles. The first kappa shape index (κ1) is 15.4. The van der Waals surface area contributed by atoms with Crippen molar-refractivity contribution in [1.29, 1.82) is 5.41 Å². The molecule has 1 heterocycles. The van der Waals surface area contributed by atoms with Crippen molar-refractivity contribution in [1.82, 2.24) is 10.3 Å². The topological polar surface area (TPSA) is 96.1 Å². The van der Waals surface area contributed by atoms with Gasteiger partial charge in [-0.15, -0.1) is 0 Å². The Balaban J connectivity index is 2.06. The number of aromatic nitrogens is 2. The zero-order valence-corrected chi connectivity index (χ0v) is 12.7. The predicted octanol–water partition coefficient (Wildman–Crippen LogP) is 2.47. The molecule has 112 valence electrons. The van der Waals surface area contributed by atoms with Crippen molar-refractivity contribution in [3.05, 3.63) is 34.2 Å². The number of nitrogens with one attached hydrogen (secondary N) is 3. The summed E-state index contributed by atoms with van der Waals surface area (Å²) in [5, 5.41) is 21.1. The standard InChI is InChI=1S/C12H13BrFN5O2/c1-20-5-4-16-12-10(18-21-19-12)11(15)17-7-2-3-9(14)8(13)6-7/h2-3,6H,4-5H2,1H3,(H2,15,17)(H,16,19). The number of anilines is 2. The molecule has 0 aliphatic heterocycles. The van der Waals surface area contributed by atoms with Crippen LogP contribution in [0.5, 0.6) is 0 Å². The van der Waals surface area contributed by atoms with E-state index in [2.05, 4.69) is 41.5 Å². The average Bonchev–Trinajstić information content (AvgIpc) is 2.92. The molecule has 7 nitrogen and oxygen atoms in total. The second-order valence-electron chi connectivity index (χ2n) is 4.01. The smallest absolute Gasteiger partial charge is 0.202 e. The summed E-state index contributed by atoms with van der Waals surface area (Å²) in [7, 11) is 1.58. The maximum atomic E-state index is 13.2. The molecule has 1 aromatic heterocycles. The van der Waals surface area contributed by atoms with E-state index in [0.29, 0.717) is 29.1 Å². The minimum atomic E-state index is -0.378. The monoisotopic (exact) mass is 357 g/mol. The molecule has 0 unspecified atom stereocenters. The maximum Gasteiger partial charge on any atom is 0.202 e. The molecular weight excluding hydrogens is 345 g/mol. The number of nitrogens with zero attached hydrogens (tertiary/aromatic N) is 2. The second-order valence-corrected chi connectivity index (χ2v) is 4.86. The van der Waals surface area contributed by atoms with Crippen LogP contribution in [-0.2, 0) is 4.74 Å². The van der Waals surface area contributed by atoms with E-state index in [1.54, 1.807) is 7.11 Å². The quantitative estimate of drug-likeness (QED) is 0.417. The molecule has 0 saturated heterocycles. The fourth-order valence-electron chi connectivity index (χ4n) is 1.52. The van der Waals surface area contributed by atoms with E-state index in [1.165, 1.54) is 18.2 Å². The molecule has 9 heteroatoms. The summed E-state index contributed by atoms with van der Waals surface area (Å²) >= 11 is 3.08. The molecular formula is C12H13BrFN5O2. The summed E-state index contributed by atoms with van der Waals surface area (Å²) < 4.78 is 23.0. The lowest BCUT2D eigenvalue weighted by Gasteiger charge is -2.08. The van der Waals surface area contributed by atoms with Crippen LogP contribution < -0.4 is 10.6 Å². The molecule has 0 atom stereocenters. The van der Waals surface area contributed by atoms with Gasteiger partial charge in [0, 0.05) is 19.3 Å². The summed E-state index contributed by atoms with van der Waals surface area (Å²) in [6.07, 6.45) is 0. The first-order valence-corrected chi connectivity index (χ1v) is 6.77. The highest BCUT2D eigenvalue weighted by molar-refractivity contribution is 9.10. The average molecular weight is 358 g/mol. The van der Waals surface area contributed by atoms with E-state index in [9.17, 15) is 4.39 Å². The Kier molecular flexibility index (Phi) is 5.23. The third-order valence-corrected chi connectivity index (χ3v) is 3.12. The Morgan fingerprint density at radius 2 is 2.29 bits per heavy atom. The van der Waals surface area contributed by atoms with Gasteiger partial charge < -0.3 is 15.4 Å². The van der Waals surface area contributed by atoms with E-state index in [0.717, 1.165) is 0 Å². The molecule has 0 aliphatic carbocycles. The normalized spacial score (nSPS) is 10.4. The first-order valence-electron chi connectivity index (χ1n) is 5.98. The SMILES string of the molecule is COCCNc1nonc1C(=N)Nc1ccc(F)c(Br)c1. The number of halogens is 2. The largest absolute Gasteiger partial charge is 0.383 e. The molecule has 0 radical (unpaired) electrons. The molecule has 21 heavy (non-hydrogen) atoms. The zero-order chi connectivity index (χ0) is 15.2. The molecule has 0 amide bonds. The van der Waals surface area contributed by atoms with E-state index in [-0.39, 0.29) is 17.3 Å². The molecule has 2 rings (SSSR count). The van der Waals surface area contributed by atoms with Gasteiger partial charge in [0.1, 0.15) is 5.82 Å². The van der Waals surface area contributed by atoms with Crippen LogP contribution in [0.1, 0.15) is 5.69 Å². The Bertz CT molecular complexity index is 634. The number of hydrogen-bond donors (Lipinski definition) is 3. The van der Waals surface area contributed by atoms with E-state index < -0.39 is 0 Å².